The van der Waals surface area contributed by atoms with Gasteiger partial charge in [0.05, 0.1) is 12.5 Å². The minimum absolute atomic E-state index is 0.258. The molecule has 1 N–H and O–H groups in total. The monoisotopic (exact) mass is 291 g/mol. The summed E-state index contributed by atoms with van der Waals surface area (Å²) in [4.78, 5) is 11.4. The van der Waals surface area contributed by atoms with Crippen LogP contribution in [0.1, 0.15) is 13.8 Å². The Balaban J connectivity index is 2.56. The Morgan fingerprint density at radius 2 is 2.10 bits per heavy atom. The number of halogens is 3. The Morgan fingerprint density at radius 3 is 2.70 bits per heavy atom. The van der Waals surface area contributed by atoms with E-state index >= 15 is 0 Å². The third-order valence-corrected chi connectivity index (χ3v) is 2.37. The van der Waals surface area contributed by atoms with Crippen LogP contribution in [0.25, 0.3) is 0 Å². The van der Waals surface area contributed by atoms with Crippen LogP contribution in [-0.2, 0) is 9.53 Å². The average Bonchev–Trinajstić information content (AvgIpc) is 2.34. The summed E-state index contributed by atoms with van der Waals surface area (Å²) in [5.74, 6) is -1.07. The van der Waals surface area contributed by atoms with Gasteiger partial charge in [0.25, 0.3) is 0 Å². The number of hydrogen-bond donors (Lipinski definition) is 1. The molecule has 0 fully saturated rings. The van der Waals surface area contributed by atoms with Gasteiger partial charge in [0.2, 0.25) is 0 Å². The van der Waals surface area contributed by atoms with Crippen molar-refractivity contribution in [3.05, 3.63) is 24.3 Å². The van der Waals surface area contributed by atoms with E-state index in [0.717, 1.165) is 0 Å². The summed E-state index contributed by atoms with van der Waals surface area (Å²) in [5.41, 5.74) is 0.433. The molecule has 0 aliphatic heterocycles. The van der Waals surface area contributed by atoms with E-state index in [1.54, 1.807) is 19.9 Å². The first-order valence-corrected chi connectivity index (χ1v) is 6.08. The number of carbonyl (C=O) groups is 1. The van der Waals surface area contributed by atoms with Gasteiger partial charge in [0, 0.05) is 18.3 Å². The highest BCUT2D eigenvalue weighted by Gasteiger charge is 2.31. The van der Waals surface area contributed by atoms with Gasteiger partial charge in [-0.25, -0.2) is 0 Å². The van der Waals surface area contributed by atoms with Crippen LogP contribution in [-0.4, -0.2) is 25.5 Å². The summed E-state index contributed by atoms with van der Waals surface area (Å²) >= 11 is 0. The zero-order valence-electron chi connectivity index (χ0n) is 11.2. The first kappa shape index (κ1) is 16.1. The molecular formula is C13H16F3NO3. The van der Waals surface area contributed by atoms with Crippen molar-refractivity contribution in [2.75, 3.05) is 18.5 Å². The molecule has 0 saturated heterocycles. The maximum atomic E-state index is 12.1. The van der Waals surface area contributed by atoms with Crippen molar-refractivity contribution in [3.63, 3.8) is 0 Å². The molecule has 20 heavy (non-hydrogen) atoms. The molecule has 0 bridgehead atoms. The fourth-order valence-corrected chi connectivity index (χ4v) is 1.44. The maximum absolute atomic E-state index is 12.1. The van der Waals surface area contributed by atoms with Gasteiger partial charge in [-0.15, -0.1) is 13.2 Å². The quantitative estimate of drug-likeness (QED) is 0.818. The first-order chi connectivity index (χ1) is 9.31. The molecule has 1 atom stereocenters. The van der Waals surface area contributed by atoms with Crippen molar-refractivity contribution in [2.24, 2.45) is 5.92 Å². The van der Waals surface area contributed by atoms with Gasteiger partial charge in [0.15, 0.2) is 0 Å². The molecule has 0 saturated carbocycles. The van der Waals surface area contributed by atoms with Crippen LogP contribution in [0.15, 0.2) is 24.3 Å². The number of carbonyl (C=O) groups excluding carboxylic acids is 1. The third-order valence-electron chi connectivity index (χ3n) is 2.37. The van der Waals surface area contributed by atoms with Gasteiger partial charge in [-0.1, -0.05) is 13.0 Å². The van der Waals surface area contributed by atoms with E-state index in [2.05, 4.69) is 10.1 Å². The molecule has 0 amide bonds. The Bertz CT molecular complexity index is 449. The van der Waals surface area contributed by atoms with Gasteiger partial charge in [-0.2, -0.15) is 0 Å². The smallest absolute Gasteiger partial charge is 0.466 e. The van der Waals surface area contributed by atoms with E-state index < -0.39 is 12.3 Å². The minimum Gasteiger partial charge on any atom is -0.466 e. The Hall–Kier alpha value is -1.92. The van der Waals surface area contributed by atoms with Gasteiger partial charge in [0.1, 0.15) is 5.75 Å². The molecule has 1 aromatic rings. The van der Waals surface area contributed by atoms with Gasteiger partial charge in [-0.05, 0) is 19.1 Å². The standard InChI is InChI=1S/C13H16F3NO3/c1-3-19-12(18)9(2)8-17-10-5-4-6-11(7-10)20-13(14,15)16/h4-7,9,17H,3,8H2,1-2H3. The molecule has 0 aliphatic carbocycles. The second kappa shape index (κ2) is 7.02. The lowest BCUT2D eigenvalue weighted by Gasteiger charge is -2.14. The van der Waals surface area contributed by atoms with Crippen molar-refractivity contribution >= 4 is 11.7 Å². The van der Waals surface area contributed by atoms with Crippen LogP contribution >= 0.6 is 0 Å². The highest BCUT2D eigenvalue weighted by Crippen LogP contribution is 2.25. The lowest BCUT2D eigenvalue weighted by atomic mass is 10.2. The Morgan fingerprint density at radius 1 is 1.40 bits per heavy atom. The number of benzene rings is 1. The van der Waals surface area contributed by atoms with Crippen LogP contribution < -0.4 is 10.1 Å². The molecule has 0 radical (unpaired) electrons. The van der Waals surface area contributed by atoms with Crippen LogP contribution in [0, 0.1) is 5.92 Å². The van der Waals surface area contributed by atoms with Crippen LogP contribution in [0.2, 0.25) is 0 Å². The van der Waals surface area contributed by atoms with E-state index in [4.69, 9.17) is 4.74 Å². The second-order valence-corrected chi connectivity index (χ2v) is 4.11. The lowest BCUT2D eigenvalue weighted by Crippen LogP contribution is -2.22. The number of hydrogen-bond acceptors (Lipinski definition) is 4. The van der Waals surface area contributed by atoms with Gasteiger partial charge >= 0.3 is 12.3 Å². The van der Waals surface area contributed by atoms with E-state index in [1.807, 2.05) is 0 Å². The van der Waals surface area contributed by atoms with Crippen LogP contribution in [0.3, 0.4) is 0 Å². The molecule has 7 heteroatoms. The number of anilines is 1. The second-order valence-electron chi connectivity index (χ2n) is 4.11. The minimum atomic E-state index is -4.73. The number of nitrogens with one attached hydrogen (secondary N) is 1. The number of esters is 1. The van der Waals surface area contributed by atoms with E-state index in [1.165, 1.54) is 18.2 Å². The van der Waals surface area contributed by atoms with E-state index in [0.29, 0.717) is 5.69 Å². The van der Waals surface area contributed by atoms with Crippen LogP contribution in [0.5, 0.6) is 5.75 Å². The van der Waals surface area contributed by atoms with Crippen molar-refractivity contribution in [3.8, 4) is 5.75 Å². The Kier molecular flexibility index (Phi) is 5.66. The SMILES string of the molecule is CCOC(=O)C(C)CNc1cccc(OC(F)(F)F)c1. The predicted molar refractivity (Wildman–Crippen MR) is 67.4 cm³/mol. The molecule has 1 unspecified atom stereocenters. The summed E-state index contributed by atoms with van der Waals surface area (Å²) in [6.45, 7) is 3.92. The molecule has 0 aliphatic rings. The normalized spacial score (nSPS) is 12.7. The van der Waals surface area contributed by atoms with Crippen molar-refractivity contribution in [2.45, 2.75) is 20.2 Å². The molecule has 0 spiro atoms. The zero-order chi connectivity index (χ0) is 15.2. The molecule has 0 heterocycles. The molecule has 1 aromatic carbocycles. The van der Waals surface area contributed by atoms with E-state index in [-0.39, 0.29) is 24.9 Å². The number of alkyl halides is 3. The van der Waals surface area contributed by atoms with Crippen LogP contribution in [0.4, 0.5) is 18.9 Å². The third kappa shape index (κ3) is 5.81. The van der Waals surface area contributed by atoms with Crippen molar-refractivity contribution in [1.29, 1.82) is 0 Å². The van der Waals surface area contributed by atoms with Gasteiger partial charge < -0.3 is 14.8 Å². The number of rotatable bonds is 6. The first-order valence-electron chi connectivity index (χ1n) is 6.08. The Labute approximate surface area is 114 Å². The zero-order valence-corrected chi connectivity index (χ0v) is 11.2. The predicted octanol–water partition coefficient (Wildman–Crippen LogP) is 3.20. The van der Waals surface area contributed by atoms with Crippen molar-refractivity contribution in [1.82, 2.24) is 0 Å². The molecule has 4 nitrogen and oxygen atoms in total. The largest absolute Gasteiger partial charge is 0.573 e. The summed E-state index contributed by atoms with van der Waals surface area (Å²) < 4.78 is 44.9. The summed E-state index contributed by atoms with van der Waals surface area (Å²) in [6, 6.07) is 5.43. The average molecular weight is 291 g/mol. The molecular weight excluding hydrogens is 275 g/mol. The highest BCUT2D eigenvalue weighted by molar-refractivity contribution is 5.72. The van der Waals surface area contributed by atoms with Gasteiger partial charge in [-0.3, -0.25) is 4.79 Å². The fourth-order valence-electron chi connectivity index (χ4n) is 1.44. The molecule has 112 valence electrons. The maximum Gasteiger partial charge on any atom is 0.573 e. The number of ether oxygens (including phenoxy) is 2. The van der Waals surface area contributed by atoms with Crippen molar-refractivity contribution < 1.29 is 27.4 Å². The molecule has 1 rings (SSSR count). The summed E-state index contributed by atoms with van der Waals surface area (Å²) in [6.07, 6.45) is -4.73. The fraction of sp³-hybridized carbons (Fsp3) is 0.462. The molecule has 0 aromatic heterocycles. The summed E-state index contributed by atoms with van der Waals surface area (Å²) in [7, 11) is 0. The lowest BCUT2D eigenvalue weighted by molar-refractivity contribution is -0.274. The van der Waals surface area contributed by atoms with E-state index in [9.17, 15) is 18.0 Å². The topological polar surface area (TPSA) is 47.6 Å². The highest BCUT2D eigenvalue weighted by atomic mass is 19.4. The summed E-state index contributed by atoms with van der Waals surface area (Å²) in [5, 5.41) is 2.86.